The molecule has 0 aliphatic heterocycles. The molecular weight excluding hydrogens is 266 g/mol. The van der Waals surface area contributed by atoms with Gasteiger partial charge in [-0.2, -0.15) is 0 Å². The molecule has 1 saturated carbocycles. The lowest BCUT2D eigenvalue weighted by molar-refractivity contribution is 0.301. The predicted molar refractivity (Wildman–Crippen MR) is 81.4 cm³/mol. The van der Waals surface area contributed by atoms with E-state index in [4.69, 9.17) is 0 Å². The van der Waals surface area contributed by atoms with Gasteiger partial charge < -0.3 is 15.0 Å². The molecule has 1 fully saturated rings. The molecule has 0 bridgehead atoms. The van der Waals surface area contributed by atoms with Gasteiger partial charge >= 0.3 is 0 Å². The SMILES string of the molecule is O=c1cc(N(CCO)Cc2ccccc2)nc(C2CC2)[nH]1. The maximum Gasteiger partial charge on any atom is 0.252 e. The first-order chi connectivity index (χ1) is 10.3. The lowest BCUT2D eigenvalue weighted by atomic mass is 10.2. The maximum absolute atomic E-state index is 11.8. The highest BCUT2D eigenvalue weighted by molar-refractivity contribution is 5.39. The summed E-state index contributed by atoms with van der Waals surface area (Å²) in [6.07, 6.45) is 2.18. The minimum atomic E-state index is -0.127. The summed E-state index contributed by atoms with van der Waals surface area (Å²) in [5.74, 6) is 1.80. The van der Waals surface area contributed by atoms with E-state index >= 15 is 0 Å². The molecular formula is C16H19N3O2. The van der Waals surface area contributed by atoms with Crippen molar-refractivity contribution < 1.29 is 5.11 Å². The molecule has 5 nitrogen and oxygen atoms in total. The number of aromatic nitrogens is 2. The zero-order chi connectivity index (χ0) is 14.7. The van der Waals surface area contributed by atoms with E-state index in [1.165, 1.54) is 6.07 Å². The van der Waals surface area contributed by atoms with Crippen LogP contribution in [0.4, 0.5) is 5.82 Å². The molecule has 0 radical (unpaired) electrons. The molecule has 0 atom stereocenters. The van der Waals surface area contributed by atoms with Crippen molar-refractivity contribution in [3.63, 3.8) is 0 Å². The average molecular weight is 285 g/mol. The second kappa shape index (κ2) is 6.10. The van der Waals surface area contributed by atoms with E-state index in [1.54, 1.807) is 0 Å². The van der Waals surface area contributed by atoms with Crippen LogP contribution in [-0.4, -0.2) is 28.2 Å². The van der Waals surface area contributed by atoms with E-state index in [2.05, 4.69) is 9.97 Å². The summed E-state index contributed by atoms with van der Waals surface area (Å²) < 4.78 is 0. The van der Waals surface area contributed by atoms with Gasteiger partial charge in [0.15, 0.2) is 0 Å². The summed E-state index contributed by atoms with van der Waals surface area (Å²) in [7, 11) is 0. The van der Waals surface area contributed by atoms with Crippen LogP contribution in [0.2, 0.25) is 0 Å². The van der Waals surface area contributed by atoms with Crippen LogP contribution in [0, 0.1) is 0 Å². The van der Waals surface area contributed by atoms with Crippen LogP contribution < -0.4 is 10.5 Å². The van der Waals surface area contributed by atoms with Crippen molar-refractivity contribution in [3.05, 3.63) is 58.1 Å². The fourth-order valence-electron chi connectivity index (χ4n) is 2.37. The summed E-state index contributed by atoms with van der Waals surface area (Å²) in [4.78, 5) is 21.1. The molecule has 0 saturated heterocycles. The minimum Gasteiger partial charge on any atom is -0.395 e. The number of hydrogen-bond donors (Lipinski definition) is 2. The van der Waals surface area contributed by atoms with Gasteiger partial charge in [0.25, 0.3) is 5.56 Å². The Morgan fingerprint density at radius 2 is 2.05 bits per heavy atom. The van der Waals surface area contributed by atoms with Crippen molar-refractivity contribution in [1.29, 1.82) is 0 Å². The Hall–Kier alpha value is -2.14. The zero-order valence-electron chi connectivity index (χ0n) is 11.8. The summed E-state index contributed by atoms with van der Waals surface area (Å²) in [5.41, 5.74) is 0.999. The zero-order valence-corrected chi connectivity index (χ0v) is 11.8. The molecule has 0 amide bonds. The number of aromatic amines is 1. The van der Waals surface area contributed by atoms with Crippen LogP contribution in [-0.2, 0) is 6.54 Å². The molecule has 0 unspecified atom stereocenters. The van der Waals surface area contributed by atoms with Gasteiger partial charge in [-0.15, -0.1) is 0 Å². The molecule has 1 heterocycles. The normalized spacial score (nSPS) is 14.1. The first kappa shape index (κ1) is 13.8. The third-order valence-electron chi connectivity index (χ3n) is 3.62. The molecule has 1 aliphatic carbocycles. The molecule has 2 aromatic rings. The van der Waals surface area contributed by atoms with Crippen molar-refractivity contribution in [2.75, 3.05) is 18.1 Å². The fraction of sp³-hybridized carbons (Fsp3) is 0.375. The molecule has 0 spiro atoms. The van der Waals surface area contributed by atoms with Crippen LogP contribution in [0.15, 0.2) is 41.2 Å². The number of hydrogen-bond acceptors (Lipinski definition) is 4. The van der Waals surface area contributed by atoms with Crippen molar-refractivity contribution in [2.45, 2.75) is 25.3 Å². The molecule has 5 heteroatoms. The van der Waals surface area contributed by atoms with Gasteiger partial charge in [0.05, 0.1) is 6.61 Å². The van der Waals surface area contributed by atoms with Crippen LogP contribution in [0.5, 0.6) is 0 Å². The predicted octanol–water partition coefficient (Wildman–Crippen LogP) is 1.65. The summed E-state index contributed by atoms with van der Waals surface area (Å²) in [6.45, 7) is 1.11. The largest absolute Gasteiger partial charge is 0.395 e. The van der Waals surface area contributed by atoms with Crippen molar-refractivity contribution >= 4 is 5.82 Å². The van der Waals surface area contributed by atoms with E-state index in [1.807, 2.05) is 35.2 Å². The highest BCUT2D eigenvalue weighted by Crippen LogP contribution is 2.37. The second-order valence-electron chi connectivity index (χ2n) is 5.39. The molecule has 1 aromatic carbocycles. The fourth-order valence-corrected chi connectivity index (χ4v) is 2.37. The molecule has 21 heavy (non-hydrogen) atoms. The molecule has 3 rings (SSSR count). The van der Waals surface area contributed by atoms with Crippen LogP contribution >= 0.6 is 0 Å². The number of aliphatic hydroxyl groups is 1. The maximum atomic E-state index is 11.8. The van der Waals surface area contributed by atoms with Gasteiger partial charge in [-0.25, -0.2) is 4.98 Å². The minimum absolute atomic E-state index is 0.0279. The second-order valence-corrected chi connectivity index (χ2v) is 5.39. The number of aliphatic hydroxyl groups excluding tert-OH is 1. The van der Waals surface area contributed by atoms with Crippen LogP contribution in [0.1, 0.15) is 30.1 Å². The first-order valence-corrected chi connectivity index (χ1v) is 7.27. The first-order valence-electron chi connectivity index (χ1n) is 7.27. The Morgan fingerprint density at radius 1 is 1.29 bits per heavy atom. The molecule has 1 aromatic heterocycles. The van der Waals surface area contributed by atoms with Crippen LogP contribution in [0.3, 0.4) is 0 Å². The molecule has 2 N–H and O–H groups in total. The number of nitrogens with zero attached hydrogens (tertiary/aromatic N) is 2. The third kappa shape index (κ3) is 3.49. The number of anilines is 1. The molecule has 1 aliphatic rings. The highest BCUT2D eigenvalue weighted by atomic mass is 16.3. The van der Waals surface area contributed by atoms with Crippen molar-refractivity contribution in [3.8, 4) is 0 Å². The van der Waals surface area contributed by atoms with Crippen molar-refractivity contribution in [1.82, 2.24) is 9.97 Å². The van der Waals surface area contributed by atoms with E-state index in [0.717, 1.165) is 24.2 Å². The Bertz CT molecular complexity index is 650. The lowest BCUT2D eigenvalue weighted by Gasteiger charge is -2.23. The Balaban J connectivity index is 1.87. The topological polar surface area (TPSA) is 69.2 Å². The number of benzene rings is 1. The number of nitrogens with one attached hydrogen (secondary N) is 1. The van der Waals surface area contributed by atoms with Crippen LogP contribution in [0.25, 0.3) is 0 Å². The van der Waals surface area contributed by atoms with Crippen molar-refractivity contribution in [2.24, 2.45) is 0 Å². The summed E-state index contributed by atoms with van der Waals surface area (Å²) in [5, 5.41) is 9.28. The number of H-pyrrole nitrogens is 1. The third-order valence-corrected chi connectivity index (χ3v) is 3.62. The van der Waals surface area contributed by atoms with Gasteiger partial charge in [-0.05, 0) is 18.4 Å². The standard InChI is InChI=1S/C16H19N3O2/c20-9-8-19(11-12-4-2-1-3-5-12)14-10-15(21)18-16(17-14)13-6-7-13/h1-5,10,13,20H,6-9,11H2,(H,17,18,21). The van der Waals surface area contributed by atoms with E-state index in [-0.39, 0.29) is 12.2 Å². The Labute approximate surface area is 123 Å². The number of rotatable bonds is 6. The smallest absolute Gasteiger partial charge is 0.252 e. The van der Waals surface area contributed by atoms with E-state index in [9.17, 15) is 9.90 Å². The Morgan fingerprint density at radius 3 is 2.71 bits per heavy atom. The summed E-state index contributed by atoms with van der Waals surface area (Å²) >= 11 is 0. The lowest BCUT2D eigenvalue weighted by Crippen LogP contribution is -2.29. The molecule has 110 valence electrons. The van der Waals surface area contributed by atoms with Gasteiger partial charge in [0, 0.05) is 25.1 Å². The highest BCUT2D eigenvalue weighted by Gasteiger charge is 2.27. The van der Waals surface area contributed by atoms with Gasteiger partial charge in [-0.3, -0.25) is 4.79 Å². The van der Waals surface area contributed by atoms with Gasteiger partial charge in [0.1, 0.15) is 11.6 Å². The van der Waals surface area contributed by atoms with Gasteiger partial charge in [-0.1, -0.05) is 30.3 Å². The monoisotopic (exact) mass is 285 g/mol. The van der Waals surface area contributed by atoms with E-state index in [0.29, 0.717) is 24.8 Å². The van der Waals surface area contributed by atoms with Gasteiger partial charge in [0.2, 0.25) is 0 Å². The average Bonchev–Trinajstić information content (AvgIpc) is 3.32. The van der Waals surface area contributed by atoms with E-state index < -0.39 is 0 Å². The Kier molecular flexibility index (Phi) is 4.01. The quantitative estimate of drug-likeness (QED) is 0.846. The summed E-state index contributed by atoms with van der Waals surface area (Å²) in [6, 6.07) is 11.5.